The molecule has 0 unspecified atom stereocenters. The lowest BCUT2D eigenvalue weighted by Crippen LogP contribution is -2.27. The quantitative estimate of drug-likeness (QED) is 0.707. The van der Waals surface area contributed by atoms with Crippen LogP contribution in [0.2, 0.25) is 0 Å². The van der Waals surface area contributed by atoms with Gasteiger partial charge in [0.1, 0.15) is 0 Å². The standard InChI is InChI=1S/C13H20F3N3/c1-3-5-6-8-19(7-4-2)12-17-9-11(10-18-12)13(14,15)16/h9-10H,3-8H2,1-2H3. The number of unbranched alkanes of at least 4 members (excludes halogenated alkanes) is 2. The van der Waals surface area contributed by atoms with E-state index in [1.807, 2.05) is 11.8 Å². The predicted octanol–water partition coefficient (Wildman–Crippen LogP) is 3.90. The fourth-order valence-corrected chi connectivity index (χ4v) is 1.77. The minimum atomic E-state index is -4.38. The van der Waals surface area contributed by atoms with Gasteiger partial charge >= 0.3 is 6.18 Å². The molecule has 19 heavy (non-hydrogen) atoms. The van der Waals surface area contributed by atoms with Gasteiger partial charge in [-0.05, 0) is 12.8 Å². The molecule has 0 bridgehead atoms. The van der Waals surface area contributed by atoms with Crippen molar-refractivity contribution in [2.24, 2.45) is 0 Å². The molecule has 1 aromatic rings. The van der Waals surface area contributed by atoms with E-state index in [-0.39, 0.29) is 0 Å². The Morgan fingerprint density at radius 1 is 1.00 bits per heavy atom. The highest BCUT2D eigenvalue weighted by molar-refractivity contribution is 5.30. The molecule has 0 radical (unpaired) electrons. The van der Waals surface area contributed by atoms with Crippen LogP contribution in [0.1, 0.15) is 45.1 Å². The summed E-state index contributed by atoms with van der Waals surface area (Å²) in [4.78, 5) is 9.62. The molecule has 0 amide bonds. The SMILES string of the molecule is CCCCCN(CCC)c1ncc(C(F)(F)F)cn1. The smallest absolute Gasteiger partial charge is 0.341 e. The van der Waals surface area contributed by atoms with Crippen LogP contribution in [-0.2, 0) is 6.18 Å². The Morgan fingerprint density at radius 3 is 2.11 bits per heavy atom. The molecule has 3 nitrogen and oxygen atoms in total. The molecule has 0 saturated heterocycles. The summed E-state index contributed by atoms with van der Waals surface area (Å²) in [7, 11) is 0. The summed E-state index contributed by atoms with van der Waals surface area (Å²) in [6.45, 7) is 5.68. The number of nitrogens with zero attached hydrogens (tertiary/aromatic N) is 3. The Bertz CT molecular complexity index is 362. The topological polar surface area (TPSA) is 29.0 Å². The van der Waals surface area contributed by atoms with E-state index >= 15 is 0 Å². The maximum absolute atomic E-state index is 12.4. The Hall–Kier alpha value is -1.33. The molecule has 0 aliphatic heterocycles. The Morgan fingerprint density at radius 2 is 1.63 bits per heavy atom. The average Bonchev–Trinajstić information content (AvgIpc) is 2.37. The zero-order valence-electron chi connectivity index (χ0n) is 11.4. The van der Waals surface area contributed by atoms with Gasteiger partial charge in [0.05, 0.1) is 5.56 Å². The number of aromatic nitrogens is 2. The largest absolute Gasteiger partial charge is 0.419 e. The third-order valence-corrected chi connectivity index (χ3v) is 2.77. The van der Waals surface area contributed by atoms with Gasteiger partial charge in [-0.3, -0.25) is 0 Å². The summed E-state index contributed by atoms with van der Waals surface area (Å²) < 4.78 is 37.3. The van der Waals surface area contributed by atoms with E-state index in [1.54, 1.807) is 0 Å². The van der Waals surface area contributed by atoms with Crippen molar-refractivity contribution in [1.29, 1.82) is 0 Å². The zero-order valence-corrected chi connectivity index (χ0v) is 11.4. The summed E-state index contributed by atoms with van der Waals surface area (Å²) in [6, 6.07) is 0. The predicted molar refractivity (Wildman–Crippen MR) is 69.1 cm³/mol. The van der Waals surface area contributed by atoms with E-state index in [0.29, 0.717) is 5.95 Å². The second-order valence-corrected chi connectivity index (χ2v) is 4.46. The molecule has 0 aromatic carbocycles. The van der Waals surface area contributed by atoms with Gasteiger partial charge in [-0.1, -0.05) is 26.7 Å². The van der Waals surface area contributed by atoms with Gasteiger partial charge in [-0.15, -0.1) is 0 Å². The zero-order chi connectivity index (χ0) is 14.3. The first-order chi connectivity index (χ1) is 8.99. The first-order valence-electron chi connectivity index (χ1n) is 6.63. The van der Waals surface area contributed by atoms with Crippen LogP contribution in [0.3, 0.4) is 0 Å². The lowest BCUT2D eigenvalue weighted by atomic mass is 10.2. The van der Waals surface area contributed by atoms with E-state index in [1.165, 1.54) is 0 Å². The van der Waals surface area contributed by atoms with Crippen molar-refractivity contribution in [1.82, 2.24) is 9.97 Å². The molecule has 1 rings (SSSR count). The van der Waals surface area contributed by atoms with Crippen molar-refractivity contribution in [3.05, 3.63) is 18.0 Å². The van der Waals surface area contributed by atoms with E-state index < -0.39 is 11.7 Å². The van der Waals surface area contributed by atoms with Crippen LogP contribution >= 0.6 is 0 Å². The Kier molecular flexibility index (Phi) is 6.05. The van der Waals surface area contributed by atoms with Gasteiger partial charge in [0.25, 0.3) is 0 Å². The van der Waals surface area contributed by atoms with E-state index in [2.05, 4.69) is 16.9 Å². The first kappa shape index (κ1) is 15.7. The van der Waals surface area contributed by atoms with E-state index in [0.717, 1.165) is 51.2 Å². The fraction of sp³-hybridized carbons (Fsp3) is 0.692. The van der Waals surface area contributed by atoms with Gasteiger partial charge in [0.15, 0.2) is 0 Å². The minimum Gasteiger partial charge on any atom is -0.341 e. The minimum absolute atomic E-state index is 0.381. The van der Waals surface area contributed by atoms with Crippen LogP contribution in [0.5, 0.6) is 0 Å². The fourth-order valence-electron chi connectivity index (χ4n) is 1.77. The molecule has 0 N–H and O–H groups in total. The van der Waals surface area contributed by atoms with Gasteiger partial charge < -0.3 is 4.90 Å². The van der Waals surface area contributed by atoms with Crippen LogP contribution in [0.25, 0.3) is 0 Å². The number of hydrogen-bond acceptors (Lipinski definition) is 3. The second kappa shape index (κ2) is 7.31. The van der Waals surface area contributed by atoms with E-state index in [9.17, 15) is 13.2 Å². The van der Waals surface area contributed by atoms with Crippen LogP contribution in [0.15, 0.2) is 12.4 Å². The van der Waals surface area contributed by atoms with Gasteiger partial charge in [0.2, 0.25) is 5.95 Å². The molecule has 0 aliphatic carbocycles. The summed E-state index contributed by atoms with van der Waals surface area (Å²) in [5.41, 5.74) is -0.804. The summed E-state index contributed by atoms with van der Waals surface area (Å²) in [6.07, 6.45) is 1.44. The highest BCUT2D eigenvalue weighted by Crippen LogP contribution is 2.28. The maximum Gasteiger partial charge on any atom is 0.419 e. The van der Waals surface area contributed by atoms with Gasteiger partial charge in [-0.2, -0.15) is 13.2 Å². The molecule has 0 fully saturated rings. The molecule has 6 heteroatoms. The summed E-state index contributed by atoms with van der Waals surface area (Å²) in [5.74, 6) is 0.381. The molecule has 1 aromatic heterocycles. The summed E-state index contributed by atoms with van der Waals surface area (Å²) in [5, 5.41) is 0. The highest BCUT2D eigenvalue weighted by Gasteiger charge is 2.31. The lowest BCUT2D eigenvalue weighted by Gasteiger charge is -2.22. The van der Waals surface area contributed by atoms with E-state index in [4.69, 9.17) is 0 Å². The third-order valence-electron chi connectivity index (χ3n) is 2.77. The molecular weight excluding hydrogens is 255 g/mol. The molecular formula is C13H20F3N3. The molecule has 1 heterocycles. The molecule has 0 saturated carbocycles. The van der Waals surface area contributed by atoms with Crippen molar-refractivity contribution in [3.63, 3.8) is 0 Å². The van der Waals surface area contributed by atoms with Crippen molar-refractivity contribution >= 4 is 5.95 Å². The van der Waals surface area contributed by atoms with Crippen molar-refractivity contribution in [2.45, 2.75) is 45.7 Å². The van der Waals surface area contributed by atoms with Gasteiger partial charge in [-0.25, -0.2) is 9.97 Å². The lowest BCUT2D eigenvalue weighted by molar-refractivity contribution is -0.138. The van der Waals surface area contributed by atoms with Crippen molar-refractivity contribution in [3.8, 4) is 0 Å². The number of anilines is 1. The Balaban J connectivity index is 2.73. The van der Waals surface area contributed by atoms with Crippen LogP contribution in [0, 0.1) is 0 Å². The third kappa shape index (κ3) is 5.04. The monoisotopic (exact) mass is 275 g/mol. The van der Waals surface area contributed by atoms with Crippen molar-refractivity contribution in [2.75, 3.05) is 18.0 Å². The molecule has 108 valence electrons. The number of halogens is 3. The average molecular weight is 275 g/mol. The maximum atomic E-state index is 12.4. The number of alkyl halides is 3. The number of rotatable bonds is 7. The van der Waals surface area contributed by atoms with Crippen molar-refractivity contribution < 1.29 is 13.2 Å². The van der Waals surface area contributed by atoms with Crippen LogP contribution in [0.4, 0.5) is 19.1 Å². The normalized spacial score (nSPS) is 11.6. The van der Waals surface area contributed by atoms with Crippen LogP contribution in [-0.4, -0.2) is 23.1 Å². The summed E-state index contributed by atoms with van der Waals surface area (Å²) >= 11 is 0. The first-order valence-corrected chi connectivity index (χ1v) is 6.63. The van der Waals surface area contributed by atoms with Gasteiger partial charge in [0, 0.05) is 25.5 Å². The molecule has 0 aliphatic rings. The second-order valence-electron chi connectivity index (χ2n) is 4.46. The molecule has 0 atom stereocenters. The highest BCUT2D eigenvalue weighted by atomic mass is 19.4. The molecule has 0 spiro atoms. The van der Waals surface area contributed by atoms with Crippen LogP contribution < -0.4 is 4.90 Å². The number of hydrogen-bond donors (Lipinski definition) is 0. The Labute approximate surface area is 111 Å².